The second-order valence-corrected chi connectivity index (χ2v) is 6.31. The van der Waals surface area contributed by atoms with Crippen LogP contribution in [-0.4, -0.2) is 5.88 Å². The van der Waals surface area contributed by atoms with E-state index in [1.807, 2.05) is 12.1 Å². The predicted molar refractivity (Wildman–Crippen MR) is 73.8 cm³/mol. The van der Waals surface area contributed by atoms with Crippen LogP contribution in [0.4, 0.5) is 0 Å². The highest BCUT2D eigenvalue weighted by Gasteiger charge is 2.24. The van der Waals surface area contributed by atoms with Crippen LogP contribution in [0.25, 0.3) is 0 Å². The van der Waals surface area contributed by atoms with Crippen molar-refractivity contribution < 1.29 is 0 Å². The van der Waals surface area contributed by atoms with E-state index in [0.29, 0.717) is 16.8 Å². The summed E-state index contributed by atoms with van der Waals surface area (Å²) in [5, 5.41) is 1.40. The van der Waals surface area contributed by atoms with Gasteiger partial charge in [-0.1, -0.05) is 50.0 Å². The number of alkyl halides is 1. The highest BCUT2D eigenvalue weighted by Crippen LogP contribution is 2.32. The average Bonchev–Trinajstić information content (AvgIpc) is 2.14. The third-order valence-electron chi connectivity index (χ3n) is 2.89. The van der Waals surface area contributed by atoms with Crippen molar-refractivity contribution >= 4 is 34.8 Å². The van der Waals surface area contributed by atoms with E-state index >= 15 is 0 Å². The molecule has 0 saturated carbocycles. The standard InChI is InChI=1S/C13H17Cl3/c1-13(2,3)10(8-14)6-9-4-5-11(15)7-12(9)16/h4-5,7,10H,6,8H2,1-3H3. The number of hydrogen-bond donors (Lipinski definition) is 0. The lowest BCUT2D eigenvalue weighted by molar-refractivity contribution is 0.264. The molecule has 0 nitrogen and oxygen atoms in total. The number of rotatable bonds is 3. The van der Waals surface area contributed by atoms with Crippen LogP contribution in [0.2, 0.25) is 10.0 Å². The van der Waals surface area contributed by atoms with Gasteiger partial charge in [-0.3, -0.25) is 0 Å². The first-order valence-corrected chi connectivity index (χ1v) is 6.63. The molecule has 0 aliphatic rings. The van der Waals surface area contributed by atoms with Crippen molar-refractivity contribution in [1.29, 1.82) is 0 Å². The van der Waals surface area contributed by atoms with Gasteiger partial charge >= 0.3 is 0 Å². The molecule has 1 rings (SSSR count). The van der Waals surface area contributed by atoms with Gasteiger partial charge in [-0.15, -0.1) is 11.6 Å². The highest BCUT2D eigenvalue weighted by atomic mass is 35.5. The highest BCUT2D eigenvalue weighted by molar-refractivity contribution is 6.35. The van der Waals surface area contributed by atoms with E-state index in [9.17, 15) is 0 Å². The van der Waals surface area contributed by atoms with Gasteiger partial charge in [0.25, 0.3) is 0 Å². The Morgan fingerprint density at radius 3 is 2.25 bits per heavy atom. The Labute approximate surface area is 113 Å². The summed E-state index contributed by atoms with van der Waals surface area (Å²) in [4.78, 5) is 0. The molecule has 0 radical (unpaired) electrons. The zero-order chi connectivity index (χ0) is 12.3. The molecular formula is C13H17Cl3. The molecule has 0 N–H and O–H groups in total. The Bertz CT molecular complexity index is 353. The SMILES string of the molecule is CC(C)(C)C(CCl)Cc1ccc(Cl)cc1Cl. The molecule has 1 atom stereocenters. The fraction of sp³-hybridized carbons (Fsp3) is 0.538. The van der Waals surface area contributed by atoms with Gasteiger partial charge in [-0.25, -0.2) is 0 Å². The van der Waals surface area contributed by atoms with E-state index in [0.717, 1.165) is 17.0 Å². The Kier molecular flexibility index (Phi) is 4.97. The largest absolute Gasteiger partial charge is 0.126 e. The molecule has 3 heteroatoms. The molecule has 0 saturated heterocycles. The lowest BCUT2D eigenvalue weighted by Gasteiger charge is -2.29. The maximum atomic E-state index is 6.15. The molecule has 0 aromatic heterocycles. The number of hydrogen-bond acceptors (Lipinski definition) is 0. The first-order chi connectivity index (χ1) is 7.34. The molecule has 90 valence electrons. The predicted octanol–water partition coefficient (Wildman–Crippen LogP) is 5.44. The normalized spacial score (nSPS) is 13.9. The van der Waals surface area contributed by atoms with Gasteiger partial charge in [0.05, 0.1) is 0 Å². The summed E-state index contributed by atoms with van der Waals surface area (Å²) in [6.45, 7) is 6.59. The number of halogens is 3. The van der Waals surface area contributed by atoms with E-state index in [1.165, 1.54) is 0 Å². The summed E-state index contributed by atoms with van der Waals surface area (Å²) in [5.41, 5.74) is 1.30. The van der Waals surface area contributed by atoms with E-state index in [2.05, 4.69) is 20.8 Å². The molecule has 1 unspecified atom stereocenters. The molecule has 0 bridgehead atoms. The zero-order valence-electron chi connectivity index (χ0n) is 9.86. The molecule has 1 aromatic rings. The van der Waals surface area contributed by atoms with Crippen LogP contribution in [0.15, 0.2) is 18.2 Å². The summed E-state index contributed by atoms with van der Waals surface area (Å²) in [6, 6.07) is 5.64. The summed E-state index contributed by atoms with van der Waals surface area (Å²) >= 11 is 18.0. The van der Waals surface area contributed by atoms with Gasteiger partial charge in [0.15, 0.2) is 0 Å². The van der Waals surface area contributed by atoms with Crippen molar-refractivity contribution in [2.45, 2.75) is 27.2 Å². The Balaban J connectivity index is 2.86. The minimum atomic E-state index is 0.185. The molecule has 0 amide bonds. The maximum Gasteiger partial charge on any atom is 0.0452 e. The third kappa shape index (κ3) is 3.84. The van der Waals surface area contributed by atoms with E-state index in [-0.39, 0.29) is 5.41 Å². The summed E-state index contributed by atoms with van der Waals surface area (Å²) in [7, 11) is 0. The van der Waals surface area contributed by atoms with Crippen LogP contribution in [-0.2, 0) is 6.42 Å². The topological polar surface area (TPSA) is 0 Å². The fourth-order valence-electron chi connectivity index (χ4n) is 1.54. The van der Waals surface area contributed by atoms with Crippen LogP contribution in [0, 0.1) is 11.3 Å². The number of benzene rings is 1. The first kappa shape index (κ1) is 14.2. The van der Waals surface area contributed by atoms with Crippen LogP contribution >= 0.6 is 34.8 Å². The van der Waals surface area contributed by atoms with Gasteiger partial charge in [-0.05, 0) is 35.4 Å². The zero-order valence-corrected chi connectivity index (χ0v) is 12.1. The quantitative estimate of drug-likeness (QED) is 0.647. The molecule has 1 aromatic carbocycles. The van der Waals surface area contributed by atoms with Crippen molar-refractivity contribution in [1.82, 2.24) is 0 Å². The van der Waals surface area contributed by atoms with Crippen LogP contribution in [0.5, 0.6) is 0 Å². The van der Waals surface area contributed by atoms with E-state index in [4.69, 9.17) is 34.8 Å². The minimum Gasteiger partial charge on any atom is -0.126 e. The smallest absolute Gasteiger partial charge is 0.0452 e. The van der Waals surface area contributed by atoms with E-state index < -0.39 is 0 Å². The van der Waals surface area contributed by atoms with Crippen LogP contribution in [0.3, 0.4) is 0 Å². The van der Waals surface area contributed by atoms with Gasteiger partial charge < -0.3 is 0 Å². The Morgan fingerprint density at radius 1 is 1.19 bits per heavy atom. The summed E-state index contributed by atoms with van der Waals surface area (Å²) in [5.74, 6) is 1.05. The molecule has 16 heavy (non-hydrogen) atoms. The molecule has 0 aliphatic carbocycles. The lowest BCUT2D eigenvalue weighted by atomic mass is 9.78. The molecule has 0 fully saturated rings. The van der Waals surface area contributed by atoms with Crippen molar-refractivity contribution in [2.75, 3.05) is 5.88 Å². The van der Waals surface area contributed by atoms with E-state index in [1.54, 1.807) is 6.07 Å². The van der Waals surface area contributed by atoms with Crippen molar-refractivity contribution in [2.24, 2.45) is 11.3 Å². The molecule has 0 spiro atoms. The van der Waals surface area contributed by atoms with Crippen molar-refractivity contribution in [3.63, 3.8) is 0 Å². The minimum absolute atomic E-state index is 0.185. The summed E-state index contributed by atoms with van der Waals surface area (Å²) in [6.07, 6.45) is 0.892. The van der Waals surface area contributed by atoms with Gasteiger partial charge in [-0.2, -0.15) is 0 Å². The second kappa shape index (κ2) is 5.62. The molecular weight excluding hydrogens is 263 g/mol. The van der Waals surface area contributed by atoms with Gasteiger partial charge in [0.1, 0.15) is 0 Å². The van der Waals surface area contributed by atoms with Crippen LogP contribution < -0.4 is 0 Å². The third-order valence-corrected chi connectivity index (χ3v) is 3.85. The first-order valence-electron chi connectivity index (χ1n) is 5.34. The Hall–Kier alpha value is 0.0900. The van der Waals surface area contributed by atoms with Gasteiger partial charge in [0, 0.05) is 15.9 Å². The van der Waals surface area contributed by atoms with Crippen LogP contribution in [0.1, 0.15) is 26.3 Å². The second-order valence-electron chi connectivity index (χ2n) is 5.16. The van der Waals surface area contributed by atoms with Gasteiger partial charge in [0.2, 0.25) is 0 Å². The monoisotopic (exact) mass is 278 g/mol. The average molecular weight is 280 g/mol. The Morgan fingerprint density at radius 2 is 1.81 bits per heavy atom. The molecule has 0 aliphatic heterocycles. The fourth-order valence-corrected chi connectivity index (χ4v) is 2.60. The maximum absolute atomic E-state index is 6.15. The van der Waals surface area contributed by atoms with Crippen molar-refractivity contribution in [3.8, 4) is 0 Å². The summed E-state index contributed by atoms with van der Waals surface area (Å²) < 4.78 is 0. The lowest BCUT2D eigenvalue weighted by Crippen LogP contribution is -2.24. The molecule has 0 heterocycles. The van der Waals surface area contributed by atoms with Crippen molar-refractivity contribution in [3.05, 3.63) is 33.8 Å².